The molecule has 11 rings (SSSR count). The molecule has 0 radical (unpaired) electrons. The SMILES string of the molecule is CC(C)(C)c1ccc(N2c3cc4c(cc3B3c5ccc(C(C)(C)C)cc5-c5cc(C(C)(C)C)cc2c53)N(c2ccccc2)c2cc(C(C)(C)C)cc3c2B4c2ccc(C(C)(C)C)cc2-3)cc1. The maximum atomic E-state index is 2.65. The average Bonchev–Trinajstić information content (AvgIpc) is 3.76. The van der Waals surface area contributed by atoms with E-state index in [4.69, 9.17) is 0 Å². The van der Waals surface area contributed by atoms with Crippen LogP contribution in [0.15, 0.2) is 127 Å². The van der Waals surface area contributed by atoms with Gasteiger partial charge >= 0.3 is 0 Å². The first-order valence-corrected chi connectivity index (χ1v) is 24.5. The van der Waals surface area contributed by atoms with Crippen molar-refractivity contribution in [1.82, 2.24) is 0 Å². The van der Waals surface area contributed by atoms with Gasteiger partial charge in [0, 0.05) is 34.1 Å². The normalized spacial score (nSPS) is 14.8. The predicted octanol–water partition coefficient (Wildman–Crippen LogP) is 12.7. The molecule has 7 aromatic carbocycles. The zero-order valence-corrected chi connectivity index (χ0v) is 42.2. The van der Waals surface area contributed by atoms with E-state index in [-0.39, 0.29) is 40.5 Å². The number of benzene rings is 7. The van der Waals surface area contributed by atoms with Gasteiger partial charge in [-0.3, -0.25) is 0 Å². The fourth-order valence-corrected chi connectivity index (χ4v) is 11.5. The third kappa shape index (κ3) is 6.44. The largest absolute Gasteiger partial charge is 0.312 e. The highest BCUT2D eigenvalue weighted by Gasteiger charge is 2.48. The van der Waals surface area contributed by atoms with Crippen LogP contribution in [0.4, 0.5) is 34.1 Å². The minimum Gasteiger partial charge on any atom is -0.312 e. The lowest BCUT2D eigenvalue weighted by molar-refractivity contribution is 0.589. The topological polar surface area (TPSA) is 6.48 Å². The Balaban J connectivity index is 1.27. The van der Waals surface area contributed by atoms with Gasteiger partial charge in [-0.05, 0) is 148 Å². The Kier molecular flexibility index (Phi) is 9.04. The molecule has 330 valence electrons. The van der Waals surface area contributed by atoms with Crippen molar-refractivity contribution in [2.24, 2.45) is 0 Å². The van der Waals surface area contributed by atoms with Crippen molar-refractivity contribution in [2.75, 3.05) is 9.80 Å². The van der Waals surface area contributed by atoms with Crippen molar-refractivity contribution in [2.45, 2.75) is 131 Å². The fraction of sp³-hybridized carbons (Fsp3) is 0.323. The molecule has 0 unspecified atom stereocenters. The third-order valence-electron chi connectivity index (χ3n) is 15.4. The van der Waals surface area contributed by atoms with E-state index in [1.165, 1.54) is 117 Å². The lowest BCUT2D eigenvalue weighted by Gasteiger charge is -2.41. The Morgan fingerprint density at radius 3 is 1.02 bits per heavy atom. The molecule has 4 aliphatic heterocycles. The van der Waals surface area contributed by atoms with Gasteiger partial charge in [0.05, 0.1) is 0 Å². The van der Waals surface area contributed by atoms with Crippen LogP contribution < -0.4 is 42.6 Å². The van der Waals surface area contributed by atoms with E-state index < -0.39 is 0 Å². The van der Waals surface area contributed by atoms with E-state index >= 15 is 0 Å². The number of hydrogen-bond donors (Lipinski definition) is 0. The second kappa shape index (κ2) is 13.9. The highest BCUT2D eigenvalue weighted by molar-refractivity contribution is 7.03. The molecule has 4 heteroatoms. The first-order valence-electron chi connectivity index (χ1n) is 24.5. The Hall–Kier alpha value is -5.73. The van der Waals surface area contributed by atoms with Crippen molar-refractivity contribution >= 4 is 80.3 Å². The van der Waals surface area contributed by atoms with Crippen LogP contribution in [0.2, 0.25) is 0 Å². The minimum atomic E-state index is -0.0506. The van der Waals surface area contributed by atoms with Gasteiger partial charge in [-0.15, -0.1) is 0 Å². The molecule has 4 heterocycles. The van der Waals surface area contributed by atoms with E-state index in [0.717, 1.165) is 0 Å². The van der Waals surface area contributed by atoms with Crippen molar-refractivity contribution < 1.29 is 0 Å². The molecule has 0 bridgehead atoms. The third-order valence-corrected chi connectivity index (χ3v) is 15.4. The van der Waals surface area contributed by atoms with E-state index in [0.29, 0.717) is 0 Å². The molecule has 0 saturated carbocycles. The van der Waals surface area contributed by atoms with Crippen LogP contribution in [0.25, 0.3) is 22.3 Å². The summed E-state index contributed by atoms with van der Waals surface area (Å²) >= 11 is 0. The number of rotatable bonds is 2. The Morgan fingerprint density at radius 1 is 0.288 bits per heavy atom. The van der Waals surface area contributed by atoms with Crippen molar-refractivity contribution in [3.8, 4) is 22.3 Å². The monoisotopic (exact) mass is 861 g/mol. The summed E-state index contributed by atoms with van der Waals surface area (Å²) in [5.74, 6) is 0. The minimum absolute atomic E-state index is 0.0231. The van der Waals surface area contributed by atoms with Gasteiger partial charge in [-0.1, -0.05) is 194 Å². The van der Waals surface area contributed by atoms with Crippen molar-refractivity contribution in [3.63, 3.8) is 0 Å². The predicted molar refractivity (Wildman–Crippen MR) is 289 cm³/mol. The zero-order chi connectivity index (χ0) is 46.8. The number of anilines is 6. The molecule has 0 aromatic heterocycles. The van der Waals surface area contributed by atoms with Gasteiger partial charge < -0.3 is 9.80 Å². The lowest BCUT2D eigenvalue weighted by atomic mass is 9.34. The van der Waals surface area contributed by atoms with Gasteiger partial charge in [-0.2, -0.15) is 0 Å². The number of para-hydroxylation sites is 1. The summed E-state index contributed by atoms with van der Waals surface area (Å²) in [4.78, 5) is 5.27. The molecule has 7 aromatic rings. The summed E-state index contributed by atoms with van der Waals surface area (Å²) in [5.41, 5.74) is 28.3. The van der Waals surface area contributed by atoms with E-state index in [1.807, 2.05) is 0 Å². The van der Waals surface area contributed by atoms with E-state index in [9.17, 15) is 0 Å². The van der Waals surface area contributed by atoms with Crippen LogP contribution in [-0.2, 0) is 27.1 Å². The van der Waals surface area contributed by atoms with Crippen LogP contribution >= 0.6 is 0 Å². The van der Waals surface area contributed by atoms with Crippen LogP contribution in [0, 0.1) is 0 Å². The summed E-state index contributed by atoms with van der Waals surface area (Å²) in [6.07, 6.45) is 0. The molecule has 4 aliphatic rings. The Labute approximate surface area is 396 Å². The molecular formula is C62H66B2N2. The highest BCUT2D eigenvalue weighted by atomic mass is 15.2. The van der Waals surface area contributed by atoms with Gasteiger partial charge in [0.1, 0.15) is 0 Å². The molecule has 0 saturated heterocycles. The summed E-state index contributed by atoms with van der Waals surface area (Å²) in [7, 11) is 0. The van der Waals surface area contributed by atoms with Crippen LogP contribution in [-0.4, -0.2) is 13.4 Å². The van der Waals surface area contributed by atoms with Crippen molar-refractivity contribution in [3.05, 3.63) is 155 Å². The first-order chi connectivity index (χ1) is 30.9. The smallest absolute Gasteiger partial charge is 0.248 e. The average molecular weight is 861 g/mol. The number of hydrogen-bond acceptors (Lipinski definition) is 2. The summed E-state index contributed by atoms with van der Waals surface area (Å²) < 4.78 is 0. The number of nitrogens with zero attached hydrogens (tertiary/aromatic N) is 2. The first kappa shape index (κ1) is 42.9. The van der Waals surface area contributed by atoms with Gasteiger partial charge in [-0.25, -0.2) is 0 Å². The molecule has 0 atom stereocenters. The molecule has 0 N–H and O–H groups in total. The van der Waals surface area contributed by atoms with Gasteiger partial charge in [0.15, 0.2) is 0 Å². The summed E-state index contributed by atoms with van der Waals surface area (Å²) in [5, 5.41) is 0. The highest BCUT2D eigenvalue weighted by Crippen LogP contribution is 2.48. The maximum absolute atomic E-state index is 2.65. The maximum Gasteiger partial charge on any atom is 0.248 e. The second-order valence-corrected chi connectivity index (χ2v) is 25.2. The quantitative estimate of drug-likeness (QED) is 0.160. The molecule has 0 fully saturated rings. The van der Waals surface area contributed by atoms with E-state index in [2.05, 4.69) is 241 Å². The van der Waals surface area contributed by atoms with Gasteiger partial charge in [0.25, 0.3) is 0 Å². The van der Waals surface area contributed by atoms with Crippen molar-refractivity contribution in [1.29, 1.82) is 0 Å². The van der Waals surface area contributed by atoms with Crippen LogP contribution in [0.1, 0.15) is 132 Å². The Bertz CT molecular complexity index is 3160. The van der Waals surface area contributed by atoms with Crippen LogP contribution in [0.3, 0.4) is 0 Å². The summed E-state index contributed by atoms with van der Waals surface area (Å²) in [6.45, 7) is 35.4. The lowest BCUT2D eigenvalue weighted by Crippen LogP contribution is -2.59. The molecule has 0 amide bonds. The van der Waals surface area contributed by atoms with E-state index in [1.54, 1.807) is 0 Å². The Morgan fingerprint density at radius 2 is 0.636 bits per heavy atom. The molecular weight excluding hydrogens is 794 g/mol. The van der Waals surface area contributed by atoms with Gasteiger partial charge in [0.2, 0.25) is 13.4 Å². The molecule has 66 heavy (non-hydrogen) atoms. The standard InChI is InChI=1S/C62H66B2N2/c1-58(2,3)37-21-25-43(26-22-37)66-53-36-50-52(35-51(53)64-49-28-24-39(60(7,8)9)30-45(49)47-32-41(62(13,14)15)34-55(66)57(47)64)65(42-19-17-16-18-20-42)54-33-40(61(10,11)12)31-46-44-29-38(59(4,5)6)23-27-48(44)63(50)56(46)54/h16-36H,1-15H3. The zero-order valence-electron chi connectivity index (χ0n) is 42.2. The number of fused-ring (bicyclic) bond motifs is 10. The molecule has 0 aliphatic carbocycles. The molecule has 2 nitrogen and oxygen atoms in total. The summed E-state index contributed by atoms with van der Waals surface area (Å²) in [6, 6.07) is 50.9. The second-order valence-electron chi connectivity index (χ2n) is 25.2. The van der Waals surface area contributed by atoms with Crippen LogP contribution in [0.5, 0.6) is 0 Å². The fourth-order valence-electron chi connectivity index (χ4n) is 11.5. The molecule has 0 spiro atoms.